The van der Waals surface area contributed by atoms with Crippen LogP contribution in [0.1, 0.15) is 28.4 Å². The van der Waals surface area contributed by atoms with E-state index in [0.717, 1.165) is 41.2 Å². The first-order chi connectivity index (χ1) is 12.4. The Morgan fingerprint density at radius 1 is 0.923 bits per heavy atom. The lowest BCUT2D eigenvalue weighted by Crippen LogP contribution is -2.50. The van der Waals surface area contributed by atoms with Gasteiger partial charge in [0, 0.05) is 43.1 Å². The highest BCUT2D eigenvalue weighted by Crippen LogP contribution is 2.20. The zero-order valence-electron chi connectivity index (χ0n) is 15.6. The molecule has 1 aliphatic rings. The van der Waals surface area contributed by atoms with E-state index in [1.807, 2.05) is 61.2 Å². The third kappa shape index (κ3) is 4.04. The van der Waals surface area contributed by atoms with Crippen molar-refractivity contribution in [3.63, 3.8) is 0 Å². The molecular weight excluding hydrogens is 326 g/mol. The summed E-state index contributed by atoms with van der Waals surface area (Å²) in [4.78, 5) is 28.0. The molecule has 26 heavy (non-hydrogen) atoms. The quantitative estimate of drug-likeness (QED) is 0.855. The summed E-state index contributed by atoms with van der Waals surface area (Å²) in [6, 6.07) is 13.7. The van der Waals surface area contributed by atoms with Gasteiger partial charge in [-0.1, -0.05) is 12.1 Å². The second kappa shape index (κ2) is 7.60. The molecule has 0 aliphatic carbocycles. The van der Waals surface area contributed by atoms with Crippen LogP contribution in [0.2, 0.25) is 0 Å². The molecule has 0 radical (unpaired) electrons. The zero-order chi connectivity index (χ0) is 18.7. The Morgan fingerprint density at radius 2 is 1.58 bits per heavy atom. The number of Topliss-reactive ketones (excluding diaryl/α,β-unsaturated/α-hetero) is 1. The number of nitrogens with zero attached hydrogens (tertiary/aromatic N) is 2. The summed E-state index contributed by atoms with van der Waals surface area (Å²) in [5.41, 5.74) is 4.88. The molecule has 1 saturated heterocycles. The zero-order valence-corrected chi connectivity index (χ0v) is 15.6. The Labute approximate surface area is 154 Å². The second-order valence-corrected chi connectivity index (χ2v) is 6.83. The molecule has 1 aliphatic heterocycles. The molecule has 3 rings (SSSR count). The van der Waals surface area contributed by atoms with Crippen LogP contribution in [0.25, 0.3) is 0 Å². The fourth-order valence-electron chi connectivity index (χ4n) is 3.14. The Morgan fingerprint density at radius 3 is 2.19 bits per heavy atom. The third-order valence-electron chi connectivity index (χ3n) is 4.84. The highest BCUT2D eigenvalue weighted by atomic mass is 16.2. The number of benzene rings is 2. The second-order valence-electron chi connectivity index (χ2n) is 6.83. The van der Waals surface area contributed by atoms with E-state index in [0.29, 0.717) is 13.1 Å². The molecule has 0 atom stereocenters. The highest BCUT2D eigenvalue weighted by molar-refractivity contribution is 5.94. The molecule has 136 valence electrons. The number of carbonyl (C=O) groups is 2. The van der Waals surface area contributed by atoms with Gasteiger partial charge >= 0.3 is 6.03 Å². The minimum Gasteiger partial charge on any atom is -0.368 e. The van der Waals surface area contributed by atoms with Gasteiger partial charge in [0.05, 0.1) is 0 Å². The minimum atomic E-state index is -0.0507. The number of carbonyl (C=O) groups excluding carboxylic acids is 2. The summed E-state index contributed by atoms with van der Waals surface area (Å²) in [6.45, 7) is 8.49. The van der Waals surface area contributed by atoms with Gasteiger partial charge in [-0.3, -0.25) is 4.79 Å². The highest BCUT2D eigenvalue weighted by Gasteiger charge is 2.21. The lowest BCUT2D eigenvalue weighted by Gasteiger charge is -2.36. The molecule has 0 unspecified atom stereocenters. The van der Waals surface area contributed by atoms with Crippen LogP contribution >= 0.6 is 0 Å². The number of hydrogen-bond donors (Lipinski definition) is 1. The summed E-state index contributed by atoms with van der Waals surface area (Å²) >= 11 is 0. The maximum absolute atomic E-state index is 12.6. The Kier molecular flexibility index (Phi) is 5.26. The number of hydrogen-bond acceptors (Lipinski definition) is 3. The van der Waals surface area contributed by atoms with Gasteiger partial charge in [-0.05, 0) is 62.2 Å². The number of amides is 2. The number of aryl methyl sites for hydroxylation is 2. The van der Waals surface area contributed by atoms with Crippen molar-refractivity contribution in [1.29, 1.82) is 0 Å². The van der Waals surface area contributed by atoms with Gasteiger partial charge in [-0.25, -0.2) is 4.79 Å². The van der Waals surface area contributed by atoms with Crippen molar-refractivity contribution < 1.29 is 9.59 Å². The molecule has 5 nitrogen and oxygen atoms in total. The van der Waals surface area contributed by atoms with Crippen LogP contribution in [0.5, 0.6) is 0 Å². The van der Waals surface area contributed by atoms with Crippen LogP contribution in [-0.4, -0.2) is 42.9 Å². The first kappa shape index (κ1) is 18.0. The Balaban J connectivity index is 1.58. The molecule has 1 fully saturated rings. The largest absolute Gasteiger partial charge is 0.368 e. The van der Waals surface area contributed by atoms with E-state index >= 15 is 0 Å². The van der Waals surface area contributed by atoms with Gasteiger partial charge in [-0.2, -0.15) is 0 Å². The smallest absolute Gasteiger partial charge is 0.321 e. The van der Waals surface area contributed by atoms with Gasteiger partial charge in [0.15, 0.2) is 5.78 Å². The molecule has 0 bridgehead atoms. The van der Waals surface area contributed by atoms with Gasteiger partial charge in [0.2, 0.25) is 0 Å². The molecule has 2 amide bonds. The number of piperazine rings is 1. The molecule has 5 heteroatoms. The predicted octanol–water partition coefficient (Wildman–Crippen LogP) is 3.86. The van der Waals surface area contributed by atoms with E-state index in [1.165, 1.54) is 0 Å². The van der Waals surface area contributed by atoms with E-state index in [1.54, 1.807) is 6.92 Å². The summed E-state index contributed by atoms with van der Waals surface area (Å²) in [5, 5.41) is 3.03. The van der Waals surface area contributed by atoms with Crippen molar-refractivity contribution in [2.45, 2.75) is 20.8 Å². The van der Waals surface area contributed by atoms with Crippen molar-refractivity contribution >= 4 is 23.2 Å². The number of anilines is 2. The van der Waals surface area contributed by atoms with Crippen molar-refractivity contribution in [1.82, 2.24) is 4.90 Å². The van der Waals surface area contributed by atoms with E-state index in [2.05, 4.69) is 10.2 Å². The van der Waals surface area contributed by atoms with E-state index in [-0.39, 0.29) is 11.8 Å². The van der Waals surface area contributed by atoms with E-state index in [9.17, 15) is 9.59 Å². The number of urea groups is 1. The van der Waals surface area contributed by atoms with Gasteiger partial charge in [0.1, 0.15) is 0 Å². The first-order valence-corrected chi connectivity index (χ1v) is 8.93. The SMILES string of the molecule is CC(=O)c1ccc(N2CCN(C(=O)Nc3cc(C)ccc3C)CC2)cc1. The van der Waals surface area contributed by atoms with Crippen molar-refractivity contribution in [3.05, 3.63) is 59.2 Å². The predicted molar refractivity (Wildman–Crippen MR) is 105 cm³/mol. The fraction of sp³-hybridized carbons (Fsp3) is 0.333. The van der Waals surface area contributed by atoms with Crippen LogP contribution in [0.15, 0.2) is 42.5 Å². The average Bonchev–Trinajstić information content (AvgIpc) is 2.65. The van der Waals surface area contributed by atoms with Crippen LogP contribution in [-0.2, 0) is 0 Å². The van der Waals surface area contributed by atoms with Gasteiger partial charge < -0.3 is 15.1 Å². The lowest BCUT2D eigenvalue weighted by atomic mass is 10.1. The lowest BCUT2D eigenvalue weighted by molar-refractivity contribution is 0.101. The molecule has 1 heterocycles. The van der Waals surface area contributed by atoms with Crippen LogP contribution < -0.4 is 10.2 Å². The van der Waals surface area contributed by atoms with Crippen LogP contribution in [0.4, 0.5) is 16.2 Å². The molecule has 1 N–H and O–H groups in total. The van der Waals surface area contributed by atoms with E-state index < -0.39 is 0 Å². The summed E-state index contributed by atoms with van der Waals surface area (Å²) < 4.78 is 0. The van der Waals surface area contributed by atoms with Crippen LogP contribution in [0, 0.1) is 13.8 Å². The Hall–Kier alpha value is -2.82. The average molecular weight is 351 g/mol. The molecular formula is C21H25N3O2. The summed E-state index contributed by atoms with van der Waals surface area (Å²) in [5.74, 6) is 0.0736. The fourth-order valence-corrected chi connectivity index (χ4v) is 3.14. The monoisotopic (exact) mass is 351 g/mol. The van der Waals surface area contributed by atoms with Gasteiger partial charge in [0.25, 0.3) is 0 Å². The van der Waals surface area contributed by atoms with Crippen molar-refractivity contribution in [3.8, 4) is 0 Å². The summed E-state index contributed by atoms with van der Waals surface area (Å²) in [7, 11) is 0. The molecule has 2 aromatic carbocycles. The molecule has 0 aromatic heterocycles. The maximum atomic E-state index is 12.6. The maximum Gasteiger partial charge on any atom is 0.321 e. The first-order valence-electron chi connectivity index (χ1n) is 8.93. The normalized spacial score (nSPS) is 14.3. The molecule has 2 aromatic rings. The van der Waals surface area contributed by atoms with Crippen LogP contribution in [0.3, 0.4) is 0 Å². The number of ketones is 1. The van der Waals surface area contributed by atoms with E-state index in [4.69, 9.17) is 0 Å². The van der Waals surface area contributed by atoms with Gasteiger partial charge in [-0.15, -0.1) is 0 Å². The number of nitrogens with one attached hydrogen (secondary N) is 1. The molecule has 0 saturated carbocycles. The summed E-state index contributed by atoms with van der Waals surface area (Å²) in [6.07, 6.45) is 0. The van der Waals surface area contributed by atoms with Crippen molar-refractivity contribution in [2.24, 2.45) is 0 Å². The topological polar surface area (TPSA) is 52.7 Å². The molecule has 0 spiro atoms. The minimum absolute atomic E-state index is 0.0507. The van der Waals surface area contributed by atoms with Crippen molar-refractivity contribution in [2.75, 3.05) is 36.4 Å². The number of rotatable bonds is 3. The Bertz CT molecular complexity index is 807. The standard InChI is InChI=1S/C21H25N3O2/c1-15-4-5-16(2)20(14-15)22-21(26)24-12-10-23(11-13-24)19-8-6-18(7-9-19)17(3)25/h4-9,14H,10-13H2,1-3H3,(H,22,26). The third-order valence-corrected chi connectivity index (χ3v) is 4.84.